The summed E-state index contributed by atoms with van der Waals surface area (Å²) in [5.41, 5.74) is 3.68. The molecule has 0 unspecified atom stereocenters. The van der Waals surface area contributed by atoms with Crippen molar-refractivity contribution in [2.45, 2.75) is 13.5 Å². The van der Waals surface area contributed by atoms with Gasteiger partial charge in [0.2, 0.25) is 0 Å². The molecule has 0 aliphatic carbocycles. The van der Waals surface area contributed by atoms with Gasteiger partial charge in [0.15, 0.2) is 11.6 Å². The molecule has 3 rings (SSSR count). The fourth-order valence-corrected chi connectivity index (χ4v) is 2.83. The SMILES string of the molecule is Cc1cccc(N(C)N)c1COc1cccc(-c2ccc(F)cc2)c1F. The van der Waals surface area contributed by atoms with E-state index in [1.54, 1.807) is 37.4 Å². The quantitative estimate of drug-likeness (QED) is 0.527. The molecule has 0 saturated carbocycles. The van der Waals surface area contributed by atoms with Gasteiger partial charge in [-0.2, -0.15) is 0 Å². The van der Waals surface area contributed by atoms with Crippen molar-refractivity contribution in [1.82, 2.24) is 0 Å². The van der Waals surface area contributed by atoms with Gasteiger partial charge in [-0.05, 0) is 42.3 Å². The smallest absolute Gasteiger partial charge is 0.172 e. The highest BCUT2D eigenvalue weighted by Gasteiger charge is 2.14. The number of benzene rings is 3. The lowest BCUT2D eigenvalue weighted by Crippen LogP contribution is -2.26. The Bertz CT molecular complexity index is 908. The van der Waals surface area contributed by atoms with Gasteiger partial charge in [0, 0.05) is 18.2 Å². The van der Waals surface area contributed by atoms with Crippen molar-refractivity contribution in [3.05, 3.63) is 83.4 Å². The van der Waals surface area contributed by atoms with Crippen molar-refractivity contribution in [3.63, 3.8) is 0 Å². The second kappa shape index (κ2) is 7.54. The fraction of sp³-hybridized carbons (Fsp3) is 0.143. The number of nitrogens with zero attached hydrogens (tertiary/aromatic N) is 1. The molecule has 0 fully saturated rings. The minimum atomic E-state index is -0.477. The third-order valence-electron chi connectivity index (χ3n) is 4.26. The van der Waals surface area contributed by atoms with Crippen molar-refractivity contribution >= 4 is 5.69 Å². The number of aryl methyl sites for hydroxylation is 1. The Hall–Kier alpha value is -2.92. The van der Waals surface area contributed by atoms with Crippen LogP contribution < -0.4 is 15.6 Å². The largest absolute Gasteiger partial charge is 0.486 e. The Morgan fingerprint density at radius 3 is 2.35 bits per heavy atom. The van der Waals surface area contributed by atoms with E-state index in [0.29, 0.717) is 11.1 Å². The van der Waals surface area contributed by atoms with Crippen molar-refractivity contribution < 1.29 is 13.5 Å². The highest BCUT2D eigenvalue weighted by atomic mass is 19.1. The van der Waals surface area contributed by atoms with Gasteiger partial charge in [0.05, 0.1) is 5.69 Å². The van der Waals surface area contributed by atoms with Crippen LogP contribution in [-0.4, -0.2) is 7.05 Å². The summed E-state index contributed by atoms with van der Waals surface area (Å²) >= 11 is 0. The molecule has 5 heteroatoms. The first-order chi connectivity index (χ1) is 12.5. The first kappa shape index (κ1) is 17.9. The topological polar surface area (TPSA) is 38.5 Å². The van der Waals surface area contributed by atoms with Gasteiger partial charge in [-0.15, -0.1) is 0 Å². The fourth-order valence-electron chi connectivity index (χ4n) is 2.83. The second-order valence-electron chi connectivity index (χ2n) is 6.10. The zero-order valence-corrected chi connectivity index (χ0v) is 14.7. The van der Waals surface area contributed by atoms with E-state index in [4.69, 9.17) is 10.6 Å². The first-order valence-corrected chi connectivity index (χ1v) is 8.21. The average molecular weight is 354 g/mol. The van der Waals surface area contributed by atoms with Crippen molar-refractivity contribution in [2.75, 3.05) is 12.1 Å². The molecule has 0 aliphatic heterocycles. The maximum Gasteiger partial charge on any atom is 0.172 e. The number of rotatable bonds is 5. The van der Waals surface area contributed by atoms with Crippen molar-refractivity contribution in [3.8, 4) is 16.9 Å². The highest BCUT2D eigenvalue weighted by molar-refractivity contribution is 5.66. The van der Waals surface area contributed by atoms with E-state index in [0.717, 1.165) is 16.8 Å². The van der Waals surface area contributed by atoms with Gasteiger partial charge >= 0.3 is 0 Å². The molecule has 134 valence electrons. The summed E-state index contributed by atoms with van der Waals surface area (Å²) in [7, 11) is 1.74. The summed E-state index contributed by atoms with van der Waals surface area (Å²) in [5, 5.41) is 1.51. The Morgan fingerprint density at radius 1 is 0.962 bits per heavy atom. The second-order valence-corrected chi connectivity index (χ2v) is 6.10. The van der Waals surface area contributed by atoms with Crippen LogP contribution in [0, 0.1) is 18.6 Å². The lowest BCUT2D eigenvalue weighted by Gasteiger charge is -2.19. The molecule has 0 spiro atoms. The van der Waals surface area contributed by atoms with E-state index in [2.05, 4.69) is 0 Å². The normalized spacial score (nSPS) is 10.7. The molecule has 3 aromatic carbocycles. The third-order valence-corrected chi connectivity index (χ3v) is 4.26. The maximum absolute atomic E-state index is 14.9. The number of hydrogen-bond acceptors (Lipinski definition) is 3. The lowest BCUT2D eigenvalue weighted by molar-refractivity contribution is 0.290. The maximum atomic E-state index is 14.9. The molecule has 0 atom stereocenters. The molecule has 0 heterocycles. The van der Waals surface area contributed by atoms with Crippen LogP contribution in [0.15, 0.2) is 60.7 Å². The summed E-state index contributed by atoms with van der Waals surface area (Å²) in [6.45, 7) is 2.14. The molecular formula is C21H20F2N2O. The van der Waals surface area contributed by atoms with E-state index in [1.165, 1.54) is 17.1 Å². The molecular weight excluding hydrogens is 334 g/mol. The third kappa shape index (κ3) is 3.68. The van der Waals surface area contributed by atoms with E-state index >= 15 is 0 Å². The van der Waals surface area contributed by atoms with Crippen LogP contribution in [0.5, 0.6) is 5.75 Å². The highest BCUT2D eigenvalue weighted by Crippen LogP contribution is 2.31. The number of anilines is 1. The number of ether oxygens (including phenoxy) is 1. The van der Waals surface area contributed by atoms with Crippen LogP contribution in [0.3, 0.4) is 0 Å². The van der Waals surface area contributed by atoms with Crippen LogP contribution in [0.25, 0.3) is 11.1 Å². The summed E-state index contributed by atoms with van der Waals surface area (Å²) in [6.07, 6.45) is 0. The molecule has 0 aliphatic rings. The van der Waals surface area contributed by atoms with Gasteiger partial charge in [-0.25, -0.2) is 14.6 Å². The van der Waals surface area contributed by atoms with Gasteiger partial charge in [0.25, 0.3) is 0 Å². The monoisotopic (exact) mass is 354 g/mol. The van der Waals surface area contributed by atoms with Gasteiger partial charge in [-0.3, -0.25) is 0 Å². The van der Waals surface area contributed by atoms with E-state index in [-0.39, 0.29) is 18.2 Å². The van der Waals surface area contributed by atoms with Gasteiger partial charge < -0.3 is 9.75 Å². The van der Waals surface area contributed by atoms with E-state index < -0.39 is 5.82 Å². The summed E-state index contributed by atoms with van der Waals surface area (Å²) in [4.78, 5) is 0. The van der Waals surface area contributed by atoms with E-state index in [1.807, 2.05) is 25.1 Å². The number of nitrogens with two attached hydrogens (primary N) is 1. The number of hydrogen-bond donors (Lipinski definition) is 1. The molecule has 2 N–H and O–H groups in total. The average Bonchev–Trinajstić information content (AvgIpc) is 2.62. The van der Waals surface area contributed by atoms with Crippen LogP contribution in [0.1, 0.15) is 11.1 Å². The number of hydrazine groups is 1. The Kier molecular flexibility index (Phi) is 5.19. The minimum absolute atomic E-state index is 0.140. The predicted octanol–water partition coefficient (Wildman–Crippen LogP) is 4.83. The molecule has 3 aromatic rings. The van der Waals surface area contributed by atoms with Crippen molar-refractivity contribution in [1.29, 1.82) is 0 Å². The molecule has 0 aromatic heterocycles. The minimum Gasteiger partial charge on any atom is -0.486 e. The summed E-state index contributed by atoms with van der Waals surface area (Å²) in [5.74, 6) is 5.17. The van der Waals surface area contributed by atoms with Crippen LogP contribution in [0.4, 0.5) is 14.5 Å². The number of halogens is 2. The van der Waals surface area contributed by atoms with Crippen LogP contribution in [-0.2, 0) is 6.61 Å². The molecule has 0 saturated heterocycles. The zero-order valence-electron chi connectivity index (χ0n) is 14.7. The molecule has 3 nitrogen and oxygen atoms in total. The summed E-state index contributed by atoms with van der Waals surface area (Å²) < 4.78 is 33.7. The first-order valence-electron chi connectivity index (χ1n) is 8.21. The molecule has 0 amide bonds. The molecule has 26 heavy (non-hydrogen) atoms. The molecule has 0 radical (unpaired) electrons. The van der Waals surface area contributed by atoms with Crippen LogP contribution >= 0.6 is 0 Å². The van der Waals surface area contributed by atoms with E-state index in [9.17, 15) is 8.78 Å². The Balaban J connectivity index is 1.88. The zero-order chi connectivity index (χ0) is 18.7. The predicted molar refractivity (Wildman–Crippen MR) is 99.9 cm³/mol. The van der Waals surface area contributed by atoms with Gasteiger partial charge in [0.1, 0.15) is 12.4 Å². The van der Waals surface area contributed by atoms with Crippen LogP contribution in [0.2, 0.25) is 0 Å². The van der Waals surface area contributed by atoms with Crippen molar-refractivity contribution in [2.24, 2.45) is 5.84 Å². The standard InChI is InChI=1S/C21H20F2N2O/c1-14-5-3-7-19(25(2)24)18(14)13-26-20-8-4-6-17(21(20)23)15-9-11-16(22)12-10-15/h3-12H,13,24H2,1-2H3. The van der Waals surface area contributed by atoms with Gasteiger partial charge in [-0.1, -0.05) is 36.4 Å². The summed E-state index contributed by atoms with van der Waals surface area (Å²) in [6, 6.07) is 16.4. The molecule has 0 bridgehead atoms. The lowest BCUT2D eigenvalue weighted by atomic mass is 10.0. The Labute approximate surface area is 151 Å². The Morgan fingerprint density at radius 2 is 1.65 bits per heavy atom.